The first-order chi connectivity index (χ1) is 8.95. The van der Waals surface area contributed by atoms with E-state index in [4.69, 9.17) is 9.47 Å². The van der Waals surface area contributed by atoms with Gasteiger partial charge in [0.25, 0.3) is 0 Å². The molecule has 0 aromatic heterocycles. The van der Waals surface area contributed by atoms with Crippen molar-refractivity contribution >= 4 is 5.69 Å². The number of benzene rings is 1. The average Bonchev–Trinajstić information content (AvgIpc) is 2.71. The van der Waals surface area contributed by atoms with Gasteiger partial charge in [-0.25, -0.2) is 0 Å². The maximum atomic E-state index is 5.47. The van der Waals surface area contributed by atoms with Crippen molar-refractivity contribution in [2.24, 2.45) is 0 Å². The van der Waals surface area contributed by atoms with E-state index in [1.165, 1.54) is 0 Å². The van der Waals surface area contributed by atoms with Gasteiger partial charge in [-0.15, -0.1) is 0 Å². The van der Waals surface area contributed by atoms with Crippen molar-refractivity contribution in [3.8, 4) is 11.5 Å². The number of ether oxygens (including phenoxy) is 2. The molecule has 0 bridgehead atoms. The molecule has 0 spiro atoms. The first-order valence-corrected chi connectivity index (χ1v) is 6.69. The molecular weight excluding hydrogens is 240 g/mol. The van der Waals surface area contributed by atoms with E-state index in [0.717, 1.165) is 35.7 Å². The Bertz CT molecular complexity index is 458. The third-order valence-corrected chi connectivity index (χ3v) is 3.66. The molecule has 1 aliphatic heterocycles. The lowest BCUT2D eigenvalue weighted by Gasteiger charge is -2.21. The van der Waals surface area contributed by atoms with Gasteiger partial charge in [0, 0.05) is 24.2 Å². The predicted molar refractivity (Wildman–Crippen MR) is 78.4 cm³/mol. The fraction of sp³-hybridized carbons (Fsp3) is 0.600. The molecule has 1 aromatic rings. The van der Waals surface area contributed by atoms with Crippen LogP contribution in [0.25, 0.3) is 0 Å². The van der Waals surface area contributed by atoms with Gasteiger partial charge in [0.05, 0.1) is 19.9 Å². The Kier molecular flexibility index (Phi) is 3.90. The van der Waals surface area contributed by atoms with Crippen LogP contribution in [0.2, 0.25) is 0 Å². The summed E-state index contributed by atoms with van der Waals surface area (Å²) in [4.78, 5) is 0. The van der Waals surface area contributed by atoms with Crippen LogP contribution in [0.1, 0.15) is 25.8 Å². The number of hydrogen-bond donors (Lipinski definition) is 2. The zero-order valence-corrected chi connectivity index (χ0v) is 12.5. The molecule has 106 valence electrons. The van der Waals surface area contributed by atoms with Gasteiger partial charge in [0.2, 0.25) is 0 Å². The molecule has 1 atom stereocenters. The first-order valence-electron chi connectivity index (χ1n) is 6.69. The molecule has 4 nitrogen and oxygen atoms in total. The molecule has 4 heteroatoms. The highest BCUT2D eigenvalue weighted by atomic mass is 16.5. The molecular formula is C15H24N2O2. The standard InChI is InChI=1S/C15H24N2O2/c1-10-6-12(18-4)7-13(19-5)14(10)17-11-8-15(2,3)16-9-11/h6-7,11,16-17H,8-9H2,1-5H3. The zero-order valence-electron chi connectivity index (χ0n) is 12.5. The highest BCUT2D eigenvalue weighted by molar-refractivity contribution is 5.65. The number of nitrogens with one attached hydrogen (secondary N) is 2. The minimum atomic E-state index is 0.200. The maximum Gasteiger partial charge on any atom is 0.145 e. The molecule has 0 aliphatic carbocycles. The van der Waals surface area contributed by atoms with E-state index in [9.17, 15) is 0 Å². The van der Waals surface area contributed by atoms with Gasteiger partial charge in [-0.3, -0.25) is 0 Å². The Balaban J connectivity index is 2.20. The monoisotopic (exact) mass is 264 g/mol. The van der Waals surface area contributed by atoms with E-state index in [-0.39, 0.29) is 5.54 Å². The van der Waals surface area contributed by atoms with Crippen LogP contribution in [0.5, 0.6) is 11.5 Å². The third kappa shape index (κ3) is 3.13. The summed E-state index contributed by atoms with van der Waals surface area (Å²) in [5, 5.41) is 7.11. The van der Waals surface area contributed by atoms with E-state index in [1.807, 2.05) is 12.1 Å². The molecule has 1 unspecified atom stereocenters. The minimum absolute atomic E-state index is 0.200. The summed E-state index contributed by atoms with van der Waals surface area (Å²) >= 11 is 0. The Hall–Kier alpha value is -1.42. The molecule has 0 amide bonds. The Morgan fingerprint density at radius 3 is 2.53 bits per heavy atom. The predicted octanol–water partition coefficient (Wildman–Crippen LogP) is 2.56. The van der Waals surface area contributed by atoms with Gasteiger partial charge in [-0.05, 0) is 38.8 Å². The van der Waals surface area contributed by atoms with Crippen molar-refractivity contribution in [2.75, 3.05) is 26.1 Å². The second-order valence-electron chi connectivity index (χ2n) is 5.83. The fourth-order valence-corrected chi connectivity index (χ4v) is 2.65. The van der Waals surface area contributed by atoms with Crippen molar-refractivity contribution in [1.82, 2.24) is 5.32 Å². The number of methoxy groups -OCH3 is 2. The van der Waals surface area contributed by atoms with Gasteiger partial charge in [0.1, 0.15) is 11.5 Å². The van der Waals surface area contributed by atoms with Crippen LogP contribution < -0.4 is 20.1 Å². The summed E-state index contributed by atoms with van der Waals surface area (Å²) in [6.07, 6.45) is 1.10. The van der Waals surface area contributed by atoms with Crippen molar-refractivity contribution in [3.05, 3.63) is 17.7 Å². The summed E-state index contributed by atoms with van der Waals surface area (Å²) in [5.74, 6) is 1.66. The summed E-state index contributed by atoms with van der Waals surface area (Å²) in [6, 6.07) is 4.37. The number of aryl methyl sites for hydroxylation is 1. The lowest BCUT2D eigenvalue weighted by Crippen LogP contribution is -2.31. The number of rotatable bonds is 4. The van der Waals surface area contributed by atoms with E-state index in [0.29, 0.717) is 6.04 Å². The van der Waals surface area contributed by atoms with Crippen molar-refractivity contribution < 1.29 is 9.47 Å². The summed E-state index contributed by atoms with van der Waals surface area (Å²) in [5.41, 5.74) is 2.40. The lowest BCUT2D eigenvalue weighted by molar-refractivity contribution is 0.394. The number of hydrogen-bond acceptors (Lipinski definition) is 4. The van der Waals surface area contributed by atoms with Crippen LogP contribution in [0, 0.1) is 6.92 Å². The first kappa shape index (κ1) is 14.0. The SMILES string of the molecule is COc1cc(C)c(NC2CNC(C)(C)C2)c(OC)c1. The third-order valence-electron chi connectivity index (χ3n) is 3.66. The van der Waals surface area contributed by atoms with E-state index >= 15 is 0 Å². The largest absolute Gasteiger partial charge is 0.497 e. The fourth-order valence-electron chi connectivity index (χ4n) is 2.65. The van der Waals surface area contributed by atoms with Gasteiger partial charge in [0.15, 0.2) is 0 Å². The molecule has 1 aliphatic rings. The zero-order chi connectivity index (χ0) is 14.0. The normalized spacial score (nSPS) is 21.2. The topological polar surface area (TPSA) is 42.5 Å². The molecule has 0 saturated carbocycles. The van der Waals surface area contributed by atoms with Crippen molar-refractivity contribution in [2.45, 2.75) is 38.8 Å². The summed E-state index contributed by atoms with van der Waals surface area (Å²) in [6.45, 7) is 7.50. The molecule has 19 heavy (non-hydrogen) atoms. The minimum Gasteiger partial charge on any atom is -0.497 e. The van der Waals surface area contributed by atoms with Crippen LogP contribution in [0.3, 0.4) is 0 Å². The van der Waals surface area contributed by atoms with Gasteiger partial charge in [-0.1, -0.05) is 0 Å². The number of anilines is 1. The van der Waals surface area contributed by atoms with Crippen LogP contribution in [-0.2, 0) is 0 Å². The van der Waals surface area contributed by atoms with Crippen molar-refractivity contribution in [1.29, 1.82) is 0 Å². The Morgan fingerprint density at radius 2 is 2.00 bits per heavy atom. The van der Waals surface area contributed by atoms with Gasteiger partial charge >= 0.3 is 0 Å². The summed E-state index contributed by atoms with van der Waals surface area (Å²) in [7, 11) is 3.36. The lowest BCUT2D eigenvalue weighted by atomic mass is 10.0. The highest BCUT2D eigenvalue weighted by Crippen LogP contribution is 2.34. The Morgan fingerprint density at radius 1 is 1.26 bits per heavy atom. The maximum absolute atomic E-state index is 5.47. The van der Waals surface area contributed by atoms with Gasteiger partial charge < -0.3 is 20.1 Å². The summed E-state index contributed by atoms with van der Waals surface area (Å²) < 4.78 is 10.7. The van der Waals surface area contributed by atoms with E-state index in [1.54, 1.807) is 14.2 Å². The molecule has 0 radical (unpaired) electrons. The molecule has 2 rings (SSSR count). The molecule has 1 heterocycles. The average molecular weight is 264 g/mol. The quantitative estimate of drug-likeness (QED) is 0.877. The Labute approximate surface area is 115 Å². The smallest absolute Gasteiger partial charge is 0.145 e. The molecule has 1 aromatic carbocycles. The van der Waals surface area contributed by atoms with E-state index in [2.05, 4.69) is 31.4 Å². The highest BCUT2D eigenvalue weighted by Gasteiger charge is 2.30. The van der Waals surface area contributed by atoms with Crippen LogP contribution in [0.4, 0.5) is 5.69 Å². The van der Waals surface area contributed by atoms with Crippen LogP contribution >= 0.6 is 0 Å². The molecule has 1 fully saturated rings. The van der Waals surface area contributed by atoms with Crippen molar-refractivity contribution in [3.63, 3.8) is 0 Å². The molecule has 2 N–H and O–H groups in total. The second-order valence-corrected chi connectivity index (χ2v) is 5.83. The molecule has 1 saturated heterocycles. The van der Waals surface area contributed by atoms with Gasteiger partial charge in [-0.2, -0.15) is 0 Å². The van der Waals surface area contributed by atoms with Crippen LogP contribution in [0.15, 0.2) is 12.1 Å². The second kappa shape index (κ2) is 5.29. The van der Waals surface area contributed by atoms with Crippen LogP contribution in [-0.4, -0.2) is 32.3 Å². The van der Waals surface area contributed by atoms with E-state index < -0.39 is 0 Å².